The zero-order valence-corrected chi connectivity index (χ0v) is 19.9. The van der Waals surface area contributed by atoms with E-state index < -0.39 is 0 Å². The van der Waals surface area contributed by atoms with Gasteiger partial charge < -0.3 is 0 Å². The van der Waals surface area contributed by atoms with Crippen LogP contribution in [0.25, 0.3) is 34.1 Å². The molecule has 0 aromatic heterocycles. The third kappa shape index (κ3) is 2.52. The van der Waals surface area contributed by atoms with Gasteiger partial charge in [0.1, 0.15) is 0 Å². The molecule has 0 fully saturated rings. The van der Waals surface area contributed by atoms with Crippen molar-refractivity contribution in [1.29, 1.82) is 0 Å². The maximum atomic E-state index is 3.79. The van der Waals surface area contributed by atoms with Crippen LogP contribution in [0.15, 0.2) is 102 Å². The van der Waals surface area contributed by atoms with Crippen LogP contribution in [0, 0.1) is 6.92 Å². The minimum atomic E-state index is -0.373. The number of halogens is 1. The largest absolute Gasteiger partial charge is 0.0725 e. The van der Waals surface area contributed by atoms with Gasteiger partial charge in [-0.1, -0.05) is 106 Å². The highest BCUT2D eigenvalue weighted by Gasteiger charge is 2.48. The topological polar surface area (TPSA) is 0 Å². The van der Waals surface area contributed by atoms with Gasteiger partial charge in [0.2, 0.25) is 0 Å². The summed E-state index contributed by atoms with van der Waals surface area (Å²) < 4.78 is 1.11. The first-order valence-electron chi connectivity index (χ1n) is 11.4. The number of hydrogen-bond donors (Lipinski definition) is 0. The molecule has 0 bridgehead atoms. The van der Waals surface area contributed by atoms with Crippen molar-refractivity contribution < 1.29 is 0 Å². The molecular formula is C32H21Br. The van der Waals surface area contributed by atoms with Crippen LogP contribution in [-0.2, 0) is 5.41 Å². The first-order chi connectivity index (χ1) is 16.2. The van der Waals surface area contributed by atoms with Gasteiger partial charge in [-0.3, -0.25) is 0 Å². The normalized spacial score (nSPS) is 17.4. The first-order valence-corrected chi connectivity index (χ1v) is 12.2. The zero-order valence-electron chi connectivity index (χ0n) is 18.3. The molecule has 1 unspecified atom stereocenters. The highest BCUT2D eigenvalue weighted by atomic mass is 79.9. The van der Waals surface area contributed by atoms with Crippen molar-refractivity contribution in [3.05, 3.63) is 140 Å². The van der Waals surface area contributed by atoms with Gasteiger partial charge >= 0.3 is 0 Å². The van der Waals surface area contributed by atoms with Gasteiger partial charge in [-0.15, -0.1) is 0 Å². The minimum Gasteiger partial charge on any atom is -0.0619 e. The molecular weight excluding hydrogens is 464 g/mol. The monoisotopic (exact) mass is 484 g/mol. The van der Waals surface area contributed by atoms with E-state index in [0.717, 1.165) is 4.47 Å². The highest BCUT2D eigenvalue weighted by Crippen LogP contribution is 2.59. The average molecular weight is 485 g/mol. The van der Waals surface area contributed by atoms with Gasteiger partial charge in [-0.2, -0.15) is 0 Å². The summed E-state index contributed by atoms with van der Waals surface area (Å²) in [6.07, 6.45) is 4.59. The van der Waals surface area contributed by atoms with Gasteiger partial charge in [0.15, 0.2) is 0 Å². The summed E-state index contributed by atoms with van der Waals surface area (Å²) in [7, 11) is 0. The minimum absolute atomic E-state index is 0.373. The fourth-order valence-corrected chi connectivity index (χ4v) is 6.39. The predicted octanol–water partition coefficient (Wildman–Crippen LogP) is 8.76. The van der Waals surface area contributed by atoms with Gasteiger partial charge in [0.05, 0.1) is 5.41 Å². The van der Waals surface area contributed by atoms with Gasteiger partial charge in [-0.05, 0) is 86.5 Å². The Hall–Kier alpha value is -3.42. The van der Waals surface area contributed by atoms with E-state index in [1.54, 1.807) is 0 Å². The summed E-state index contributed by atoms with van der Waals surface area (Å²) in [5.41, 5.74) is 11.5. The average Bonchev–Trinajstić information content (AvgIpc) is 3.03. The Kier molecular flexibility index (Phi) is 3.93. The zero-order chi connectivity index (χ0) is 22.2. The van der Waals surface area contributed by atoms with Crippen LogP contribution in [0.4, 0.5) is 0 Å². The molecule has 0 N–H and O–H groups in total. The fraction of sp³-hybridized carbons (Fsp3) is 0.0625. The Morgan fingerprint density at radius 2 is 1.30 bits per heavy atom. The molecule has 0 heterocycles. The van der Waals surface area contributed by atoms with Crippen molar-refractivity contribution in [3.63, 3.8) is 0 Å². The van der Waals surface area contributed by atoms with Crippen LogP contribution in [-0.4, -0.2) is 0 Å². The standard InChI is InChI=1S/C32H21Br/c1-20-10-15-28-24(16-20)12-11-21-13-14-25(33)19-30(21)32(28)29-9-5-4-8-26(29)27-17-22-6-2-3-7-23(22)18-31(27)32/h2-19H,1H3. The molecule has 0 aliphatic heterocycles. The molecule has 2 aliphatic rings. The lowest BCUT2D eigenvalue weighted by molar-refractivity contribution is 0.766. The molecule has 0 radical (unpaired) electrons. The van der Waals surface area contributed by atoms with E-state index in [9.17, 15) is 0 Å². The number of hydrogen-bond acceptors (Lipinski definition) is 0. The molecule has 2 aliphatic carbocycles. The van der Waals surface area contributed by atoms with Crippen LogP contribution >= 0.6 is 15.9 Å². The van der Waals surface area contributed by atoms with Crippen LogP contribution < -0.4 is 0 Å². The van der Waals surface area contributed by atoms with Gasteiger partial charge in [0, 0.05) is 4.47 Å². The van der Waals surface area contributed by atoms with E-state index in [4.69, 9.17) is 0 Å². The summed E-state index contributed by atoms with van der Waals surface area (Å²) in [6.45, 7) is 2.18. The van der Waals surface area contributed by atoms with Crippen molar-refractivity contribution in [3.8, 4) is 11.1 Å². The van der Waals surface area contributed by atoms with E-state index in [1.165, 1.54) is 60.8 Å². The highest BCUT2D eigenvalue weighted by molar-refractivity contribution is 9.10. The Morgan fingerprint density at radius 3 is 2.18 bits per heavy atom. The Labute approximate surface area is 202 Å². The summed E-state index contributed by atoms with van der Waals surface area (Å²) in [5, 5.41) is 2.57. The van der Waals surface area contributed by atoms with E-state index in [0.29, 0.717) is 0 Å². The van der Waals surface area contributed by atoms with Crippen molar-refractivity contribution in [2.45, 2.75) is 12.3 Å². The summed E-state index contributed by atoms with van der Waals surface area (Å²) in [5.74, 6) is 0. The van der Waals surface area contributed by atoms with Gasteiger partial charge in [0.25, 0.3) is 0 Å². The predicted molar refractivity (Wildman–Crippen MR) is 143 cm³/mol. The molecule has 7 rings (SSSR count). The van der Waals surface area contributed by atoms with E-state index in [-0.39, 0.29) is 5.41 Å². The molecule has 1 spiro atoms. The Morgan fingerprint density at radius 1 is 0.545 bits per heavy atom. The lowest BCUT2D eigenvalue weighted by Crippen LogP contribution is -2.30. The van der Waals surface area contributed by atoms with Crippen molar-refractivity contribution in [1.82, 2.24) is 0 Å². The molecule has 33 heavy (non-hydrogen) atoms. The second-order valence-electron chi connectivity index (χ2n) is 9.20. The molecule has 1 atom stereocenters. The Bertz CT molecular complexity index is 1640. The van der Waals surface area contributed by atoms with Crippen LogP contribution in [0.1, 0.15) is 38.9 Å². The maximum absolute atomic E-state index is 3.79. The second-order valence-corrected chi connectivity index (χ2v) is 10.1. The number of aryl methyl sites for hydroxylation is 1. The Balaban J connectivity index is 1.74. The van der Waals surface area contributed by atoms with Crippen molar-refractivity contribution in [2.75, 3.05) is 0 Å². The number of benzene rings is 5. The smallest absolute Gasteiger partial charge is 0.0619 e. The summed E-state index contributed by atoms with van der Waals surface area (Å²) in [6, 6.07) is 36.2. The number of rotatable bonds is 0. The van der Waals surface area contributed by atoms with Gasteiger partial charge in [-0.25, -0.2) is 0 Å². The van der Waals surface area contributed by atoms with Crippen molar-refractivity contribution in [2.24, 2.45) is 0 Å². The van der Waals surface area contributed by atoms with Crippen molar-refractivity contribution >= 4 is 38.9 Å². The molecule has 1 heteroatoms. The molecule has 5 aromatic carbocycles. The molecule has 5 aromatic rings. The van der Waals surface area contributed by atoms with E-state index in [2.05, 4.69) is 132 Å². The third-order valence-corrected chi connectivity index (χ3v) is 7.88. The van der Waals surface area contributed by atoms with Crippen LogP contribution in [0.3, 0.4) is 0 Å². The molecule has 156 valence electrons. The second kappa shape index (κ2) is 6.79. The lowest BCUT2D eigenvalue weighted by Gasteiger charge is -2.35. The molecule has 0 amide bonds. The fourth-order valence-electron chi connectivity index (χ4n) is 6.03. The molecule has 0 saturated carbocycles. The summed E-state index contributed by atoms with van der Waals surface area (Å²) in [4.78, 5) is 0. The van der Waals surface area contributed by atoms with Crippen LogP contribution in [0.5, 0.6) is 0 Å². The van der Waals surface area contributed by atoms with Crippen LogP contribution in [0.2, 0.25) is 0 Å². The molecule has 0 nitrogen and oxygen atoms in total. The quantitative estimate of drug-likeness (QED) is 0.201. The summed E-state index contributed by atoms with van der Waals surface area (Å²) >= 11 is 3.79. The van der Waals surface area contributed by atoms with E-state index in [1.807, 2.05) is 0 Å². The SMILES string of the molecule is Cc1ccc2c(c1)C=Cc1ccc(Br)cc1C21c2ccccc2-c2cc3ccccc3cc21. The first kappa shape index (κ1) is 19.1. The third-order valence-electron chi connectivity index (χ3n) is 7.38. The lowest BCUT2D eigenvalue weighted by atomic mass is 9.66. The molecule has 0 saturated heterocycles. The number of fused-ring (bicyclic) bond motifs is 10. The van der Waals surface area contributed by atoms with E-state index >= 15 is 0 Å². The maximum Gasteiger partial charge on any atom is 0.0725 e.